The Morgan fingerprint density at radius 2 is 1.91 bits per heavy atom. The average molecular weight is 332 g/mol. The number of hydrogen-bond acceptors (Lipinski definition) is 8. The first-order valence-electron chi connectivity index (χ1n) is 6.82. The zero-order valence-electron chi connectivity index (χ0n) is 12.1. The Morgan fingerprint density at radius 1 is 1.23 bits per heavy atom. The van der Waals surface area contributed by atoms with E-state index in [1.54, 1.807) is 6.92 Å². The van der Waals surface area contributed by atoms with Crippen molar-refractivity contribution in [2.75, 3.05) is 6.61 Å². The largest absolute Gasteiger partial charge is 0.455 e. The van der Waals surface area contributed by atoms with Crippen LogP contribution < -0.4 is 0 Å². The fourth-order valence-corrected chi connectivity index (χ4v) is 4.95. The number of carbonyl (C=O) groups is 2. The van der Waals surface area contributed by atoms with Gasteiger partial charge in [0, 0.05) is 11.5 Å². The molecular weight excluding hydrogens is 316 g/mol. The minimum Gasteiger partial charge on any atom is -0.455 e. The van der Waals surface area contributed by atoms with Gasteiger partial charge in [0.05, 0.1) is 0 Å². The fraction of sp³-hybridized carbons (Fsp3) is 0.692. The monoisotopic (exact) mass is 332 g/mol. The van der Waals surface area contributed by atoms with Gasteiger partial charge in [-0.25, -0.2) is 9.59 Å². The zero-order chi connectivity index (χ0) is 16.2. The molecular formula is C13H16O8S. The van der Waals surface area contributed by atoms with Crippen LogP contribution in [0.1, 0.15) is 13.8 Å². The summed E-state index contributed by atoms with van der Waals surface area (Å²) in [5, 5.41) is -1.01. The van der Waals surface area contributed by atoms with Crippen LogP contribution in [0.5, 0.6) is 0 Å². The molecule has 9 heteroatoms. The second kappa shape index (κ2) is 5.04. The third kappa shape index (κ3) is 2.24. The first-order chi connectivity index (χ1) is 10.2. The van der Waals surface area contributed by atoms with Crippen LogP contribution >= 0.6 is 0 Å². The van der Waals surface area contributed by atoms with Crippen LogP contribution in [-0.2, 0) is 38.1 Å². The van der Waals surface area contributed by atoms with Crippen molar-refractivity contribution < 1.29 is 36.4 Å². The van der Waals surface area contributed by atoms with E-state index in [1.807, 2.05) is 0 Å². The molecule has 0 aromatic carbocycles. The highest BCUT2D eigenvalue weighted by atomic mass is 32.2. The normalized spacial score (nSPS) is 40.5. The zero-order valence-corrected chi connectivity index (χ0v) is 12.9. The minimum atomic E-state index is -3.83. The molecule has 6 unspecified atom stereocenters. The van der Waals surface area contributed by atoms with Gasteiger partial charge in [0.1, 0.15) is 18.3 Å². The lowest BCUT2D eigenvalue weighted by Crippen LogP contribution is -2.47. The van der Waals surface area contributed by atoms with E-state index in [9.17, 15) is 18.0 Å². The third-order valence-electron chi connectivity index (χ3n) is 4.16. The summed E-state index contributed by atoms with van der Waals surface area (Å²) >= 11 is 0. The van der Waals surface area contributed by atoms with Gasteiger partial charge in [0.15, 0.2) is 18.0 Å². The second-order valence-electron chi connectivity index (χ2n) is 5.75. The van der Waals surface area contributed by atoms with Crippen molar-refractivity contribution in [2.45, 2.75) is 43.5 Å². The third-order valence-corrected chi connectivity index (χ3v) is 5.86. The van der Waals surface area contributed by atoms with Crippen molar-refractivity contribution in [3.63, 3.8) is 0 Å². The Kier molecular flexibility index (Phi) is 3.54. The number of fused-ring (bicyclic) bond motifs is 1. The van der Waals surface area contributed by atoms with Crippen molar-refractivity contribution in [1.29, 1.82) is 0 Å². The van der Waals surface area contributed by atoms with Gasteiger partial charge in [-0.05, 0) is 6.92 Å². The van der Waals surface area contributed by atoms with Crippen LogP contribution in [-0.4, -0.2) is 56.6 Å². The number of esters is 2. The van der Waals surface area contributed by atoms with E-state index >= 15 is 0 Å². The number of rotatable bonds is 4. The molecule has 3 aliphatic rings. The molecule has 3 saturated heterocycles. The average Bonchev–Trinajstić information content (AvgIpc) is 2.99. The van der Waals surface area contributed by atoms with Crippen molar-refractivity contribution in [3.8, 4) is 0 Å². The van der Waals surface area contributed by atoms with Crippen LogP contribution in [0.25, 0.3) is 0 Å². The Hall–Kier alpha value is -1.45. The maximum absolute atomic E-state index is 12.0. The molecule has 3 aliphatic heterocycles. The van der Waals surface area contributed by atoms with Crippen LogP contribution in [0, 0.1) is 5.92 Å². The van der Waals surface area contributed by atoms with Gasteiger partial charge in [-0.15, -0.1) is 0 Å². The van der Waals surface area contributed by atoms with Crippen molar-refractivity contribution in [3.05, 3.63) is 12.2 Å². The molecule has 0 saturated carbocycles. The number of ether oxygens (including phenoxy) is 3. The molecule has 0 radical (unpaired) electrons. The summed E-state index contributed by atoms with van der Waals surface area (Å²) in [6.45, 7) is 6.01. The number of carbonyl (C=O) groups excluding carboxylic acids is 2. The van der Waals surface area contributed by atoms with Gasteiger partial charge in [-0.2, -0.15) is 8.42 Å². The van der Waals surface area contributed by atoms with E-state index in [0.717, 1.165) is 0 Å². The quantitative estimate of drug-likeness (QED) is 0.386. The highest BCUT2D eigenvalue weighted by Crippen LogP contribution is 2.50. The van der Waals surface area contributed by atoms with Crippen LogP contribution in [0.3, 0.4) is 0 Å². The lowest BCUT2D eigenvalue weighted by atomic mass is 9.86. The van der Waals surface area contributed by atoms with Crippen LogP contribution in [0.2, 0.25) is 0 Å². The summed E-state index contributed by atoms with van der Waals surface area (Å²) in [4.78, 5) is 23.0. The predicted octanol–water partition coefficient (Wildman–Crippen LogP) is -0.468. The smallest absolute Gasteiger partial charge is 0.344 e. The summed E-state index contributed by atoms with van der Waals surface area (Å²) < 4.78 is 44.4. The van der Waals surface area contributed by atoms with Gasteiger partial charge in [-0.3, -0.25) is 4.18 Å². The SMILES string of the molecule is C=C(C)C(=O)OCC(=O)OC1C2OC3C(OS(=O)(=O)C13)C2C. The summed E-state index contributed by atoms with van der Waals surface area (Å²) in [6.07, 6.45) is -2.60. The number of hydrogen-bond donors (Lipinski definition) is 0. The standard InChI is InChI=1S/C13H16O8S/c1-5(2)13(15)18-4-7(14)19-10-8-6(3)9-11(20-8)12(10)22(16,17)21-9/h6,8-12H,1,4H2,2-3H3. The molecule has 122 valence electrons. The van der Waals surface area contributed by atoms with E-state index in [4.69, 9.17) is 13.7 Å². The van der Waals surface area contributed by atoms with Crippen molar-refractivity contribution in [1.82, 2.24) is 0 Å². The molecule has 0 spiro atoms. The second-order valence-corrected chi connectivity index (χ2v) is 7.48. The Balaban J connectivity index is 1.67. The molecule has 2 bridgehead atoms. The lowest BCUT2D eigenvalue weighted by molar-refractivity contribution is -0.162. The highest BCUT2D eigenvalue weighted by Gasteiger charge is 2.70. The molecule has 6 atom stereocenters. The van der Waals surface area contributed by atoms with Gasteiger partial charge in [0.25, 0.3) is 10.1 Å². The maximum atomic E-state index is 12.0. The van der Waals surface area contributed by atoms with E-state index in [2.05, 4.69) is 11.3 Å². The molecule has 3 fully saturated rings. The molecule has 0 amide bonds. The molecule has 0 N–H and O–H groups in total. The van der Waals surface area contributed by atoms with Crippen LogP contribution in [0.15, 0.2) is 12.2 Å². The van der Waals surface area contributed by atoms with Crippen molar-refractivity contribution >= 4 is 22.1 Å². The molecule has 8 nitrogen and oxygen atoms in total. The Morgan fingerprint density at radius 3 is 2.55 bits per heavy atom. The summed E-state index contributed by atoms with van der Waals surface area (Å²) in [5.74, 6) is -1.75. The lowest BCUT2D eigenvalue weighted by Gasteiger charge is -2.25. The van der Waals surface area contributed by atoms with E-state index in [1.165, 1.54) is 6.92 Å². The molecule has 3 heterocycles. The highest BCUT2D eigenvalue weighted by molar-refractivity contribution is 7.87. The Labute approximate surface area is 127 Å². The van der Waals surface area contributed by atoms with Gasteiger partial charge < -0.3 is 14.2 Å². The molecule has 22 heavy (non-hydrogen) atoms. The van der Waals surface area contributed by atoms with Gasteiger partial charge in [0.2, 0.25) is 0 Å². The first kappa shape index (κ1) is 15.4. The van der Waals surface area contributed by atoms with E-state index in [-0.39, 0.29) is 11.5 Å². The van der Waals surface area contributed by atoms with Crippen molar-refractivity contribution in [2.24, 2.45) is 5.92 Å². The maximum Gasteiger partial charge on any atom is 0.344 e. The first-order valence-corrected chi connectivity index (χ1v) is 8.29. The van der Waals surface area contributed by atoms with Gasteiger partial charge >= 0.3 is 11.9 Å². The molecule has 3 rings (SSSR count). The molecule has 0 aromatic heterocycles. The van der Waals surface area contributed by atoms with E-state index in [0.29, 0.717) is 0 Å². The fourth-order valence-electron chi connectivity index (χ4n) is 3.14. The molecule has 0 aliphatic carbocycles. The summed E-state index contributed by atoms with van der Waals surface area (Å²) in [5.41, 5.74) is 0.152. The molecule has 0 aromatic rings. The summed E-state index contributed by atoms with van der Waals surface area (Å²) in [7, 11) is -3.83. The topological polar surface area (TPSA) is 105 Å². The van der Waals surface area contributed by atoms with Gasteiger partial charge in [-0.1, -0.05) is 13.5 Å². The minimum absolute atomic E-state index is 0.152. The Bertz CT molecular complexity index is 638. The predicted molar refractivity (Wildman–Crippen MR) is 71.1 cm³/mol. The summed E-state index contributed by atoms with van der Waals surface area (Å²) in [6, 6.07) is 0. The van der Waals surface area contributed by atoms with Crippen LogP contribution in [0.4, 0.5) is 0 Å². The van der Waals surface area contributed by atoms with E-state index < -0.39 is 58.3 Å².